The van der Waals surface area contributed by atoms with E-state index in [-0.39, 0.29) is 28.3 Å². The maximum absolute atomic E-state index is 12.7. The van der Waals surface area contributed by atoms with Crippen LogP contribution in [0.25, 0.3) is 0 Å². The fraction of sp³-hybridized carbons (Fsp3) is 0.533. The van der Waals surface area contributed by atoms with Gasteiger partial charge in [0.05, 0.1) is 10.5 Å². The van der Waals surface area contributed by atoms with Crippen molar-refractivity contribution < 1.29 is 13.2 Å². The second-order valence-corrected chi connectivity index (χ2v) is 7.77. The van der Waals surface area contributed by atoms with E-state index in [2.05, 4.69) is 0 Å². The van der Waals surface area contributed by atoms with Crippen molar-refractivity contribution in [3.8, 4) is 0 Å². The molecule has 1 heterocycles. The van der Waals surface area contributed by atoms with Gasteiger partial charge in [-0.05, 0) is 37.8 Å². The molecule has 0 radical (unpaired) electrons. The summed E-state index contributed by atoms with van der Waals surface area (Å²) in [6.45, 7) is 3.19. The summed E-state index contributed by atoms with van der Waals surface area (Å²) in [5, 5.41) is 0. The molecule has 2 rings (SSSR count). The number of carbonyl (C=O) groups is 1. The molecule has 0 bridgehead atoms. The van der Waals surface area contributed by atoms with Crippen LogP contribution >= 0.6 is 0 Å². The monoisotopic (exact) mass is 310 g/mol. The van der Waals surface area contributed by atoms with E-state index >= 15 is 0 Å². The standard InChI is InChI=1S/C15H22N2O3S/c1-11(16)12-6-5-9-17(10-12)15(18)13-7-3-4-8-14(13)21(2,19)20/h3-4,7-8,11-12H,5-6,9-10,16H2,1-2H3/t11-,12+/m0/s1. The van der Waals surface area contributed by atoms with E-state index in [1.54, 1.807) is 23.1 Å². The first-order chi connectivity index (χ1) is 9.80. The Kier molecular flexibility index (Phi) is 4.68. The number of likely N-dealkylation sites (tertiary alicyclic amines) is 1. The number of nitrogens with two attached hydrogens (primary N) is 1. The van der Waals surface area contributed by atoms with Crippen LogP contribution < -0.4 is 5.73 Å². The summed E-state index contributed by atoms with van der Waals surface area (Å²) in [5.74, 6) is 0.0504. The summed E-state index contributed by atoms with van der Waals surface area (Å²) in [7, 11) is -3.42. The lowest BCUT2D eigenvalue weighted by molar-refractivity contribution is 0.0657. The first kappa shape index (κ1) is 16.0. The van der Waals surface area contributed by atoms with Crippen LogP contribution in [0.5, 0.6) is 0 Å². The minimum atomic E-state index is -3.42. The van der Waals surface area contributed by atoms with E-state index in [1.165, 1.54) is 6.07 Å². The molecule has 0 saturated carbocycles. The van der Waals surface area contributed by atoms with Crippen LogP contribution in [0, 0.1) is 5.92 Å². The molecule has 1 fully saturated rings. The van der Waals surface area contributed by atoms with E-state index in [9.17, 15) is 13.2 Å². The average molecular weight is 310 g/mol. The molecule has 21 heavy (non-hydrogen) atoms. The molecular weight excluding hydrogens is 288 g/mol. The molecule has 1 aliphatic heterocycles. The molecule has 1 aromatic carbocycles. The highest BCUT2D eigenvalue weighted by Crippen LogP contribution is 2.23. The van der Waals surface area contributed by atoms with E-state index in [0.717, 1.165) is 19.1 Å². The Morgan fingerprint density at radius 2 is 2.05 bits per heavy atom. The summed E-state index contributed by atoms with van der Waals surface area (Å²) < 4.78 is 23.6. The van der Waals surface area contributed by atoms with Gasteiger partial charge in [-0.15, -0.1) is 0 Å². The van der Waals surface area contributed by atoms with E-state index < -0.39 is 9.84 Å². The highest BCUT2D eigenvalue weighted by Gasteiger charge is 2.28. The first-order valence-electron chi connectivity index (χ1n) is 7.14. The SMILES string of the molecule is C[C@H](N)[C@@H]1CCCN(C(=O)c2ccccc2S(C)(=O)=O)C1. The summed E-state index contributed by atoms with van der Waals surface area (Å²) >= 11 is 0. The zero-order valence-corrected chi connectivity index (χ0v) is 13.3. The third kappa shape index (κ3) is 3.63. The third-order valence-electron chi connectivity index (χ3n) is 4.01. The molecule has 0 aliphatic carbocycles. The molecule has 0 spiro atoms. The maximum atomic E-state index is 12.7. The smallest absolute Gasteiger partial charge is 0.255 e. The van der Waals surface area contributed by atoms with E-state index in [4.69, 9.17) is 5.73 Å². The van der Waals surface area contributed by atoms with Gasteiger partial charge in [-0.25, -0.2) is 8.42 Å². The Bertz CT molecular complexity index is 626. The molecule has 1 aliphatic rings. The number of nitrogens with zero attached hydrogens (tertiary/aromatic N) is 1. The largest absolute Gasteiger partial charge is 0.338 e. The molecule has 2 atom stereocenters. The van der Waals surface area contributed by atoms with Crippen LogP contribution in [0.2, 0.25) is 0 Å². The Hall–Kier alpha value is -1.40. The topological polar surface area (TPSA) is 80.5 Å². The molecule has 1 saturated heterocycles. The van der Waals surface area contributed by atoms with Gasteiger partial charge < -0.3 is 10.6 Å². The molecule has 2 N–H and O–H groups in total. The number of piperidine rings is 1. The molecular formula is C15H22N2O3S. The zero-order valence-electron chi connectivity index (χ0n) is 12.5. The molecule has 1 amide bonds. The quantitative estimate of drug-likeness (QED) is 0.912. The fourth-order valence-electron chi connectivity index (χ4n) is 2.76. The van der Waals surface area contributed by atoms with E-state index in [0.29, 0.717) is 13.1 Å². The Labute approximate surface area is 126 Å². The van der Waals surface area contributed by atoms with Crippen LogP contribution in [-0.4, -0.2) is 44.6 Å². The molecule has 0 aromatic heterocycles. The Morgan fingerprint density at radius 1 is 1.38 bits per heavy atom. The van der Waals surface area contributed by atoms with Crippen molar-refractivity contribution in [2.24, 2.45) is 11.7 Å². The minimum absolute atomic E-state index is 0.0331. The van der Waals surface area contributed by atoms with Crippen molar-refractivity contribution in [2.75, 3.05) is 19.3 Å². The minimum Gasteiger partial charge on any atom is -0.338 e. The molecule has 1 aromatic rings. The highest BCUT2D eigenvalue weighted by molar-refractivity contribution is 7.90. The van der Waals surface area contributed by atoms with Gasteiger partial charge in [0, 0.05) is 25.4 Å². The van der Waals surface area contributed by atoms with Gasteiger partial charge in [0.2, 0.25) is 0 Å². The lowest BCUT2D eigenvalue weighted by Gasteiger charge is -2.35. The number of carbonyl (C=O) groups excluding carboxylic acids is 1. The second-order valence-electron chi connectivity index (χ2n) is 5.78. The number of hydrogen-bond acceptors (Lipinski definition) is 4. The summed E-state index contributed by atoms with van der Waals surface area (Å²) in [5.41, 5.74) is 6.19. The van der Waals surface area contributed by atoms with Crippen molar-refractivity contribution in [1.29, 1.82) is 0 Å². The van der Waals surface area contributed by atoms with Crippen molar-refractivity contribution in [2.45, 2.75) is 30.7 Å². The van der Waals surface area contributed by atoms with Gasteiger partial charge in [-0.2, -0.15) is 0 Å². The lowest BCUT2D eigenvalue weighted by atomic mass is 9.92. The van der Waals surface area contributed by atoms with Gasteiger partial charge in [0.1, 0.15) is 0 Å². The number of sulfone groups is 1. The van der Waals surface area contributed by atoms with Crippen LogP contribution in [0.4, 0.5) is 0 Å². The third-order valence-corrected chi connectivity index (χ3v) is 5.16. The van der Waals surface area contributed by atoms with E-state index in [1.807, 2.05) is 6.92 Å². The highest BCUT2D eigenvalue weighted by atomic mass is 32.2. The van der Waals surface area contributed by atoms with Crippen LogP contribution in [0.15, 0.2) is 29.2 Å². The van der Waals surface area contributed by atoms with Crippen LogP contribution in [0.3, 0.4) is 0 Å². The van der Waals surface area contributed by atoms with Crippen molar-refractivity contribution in [1.82, 2.24) is 4.90 Å². The summed E-state index contributed by atoms with van der Waals surface area (Å²) in [4.78, 5) is 14.5. The Balaban J connectivity index is 2.29. The second kappa shape index (κ2) is 6.15. The predicted molar refractivity (Wildman–Crippen MR) is 81.8 cm³/mol. The molecule has 5 nitrogen and oxygen atoms in total. The predicted octanol–water partition coefficient (Wildman–Crippen LogP) is 1.29. The normalized spacial score (nSPS) is 21.1. The van der Waals surface area contributed by atoms with Gasteiger partial charge >= 0.3 is 0 Å². The number of benzene rings is 1. The summed E-state index contributed by atoms with van der Waals surface area (Å²) in [6.07, 6.45) is 3.04. The number of rotatable bonds is 3. The van der Waals surface area contributed by atoms with Crippen LogP contribution in [-0.2, 0) is 9.84 Å². The molecule has 0 unspecified atom stereocenters. The van der Waals surface area contributed by atoms with Crippen molar-refractivity contribution in [3.05, 3.63) is 29.8 Å². The number of hydrogen-bond donors (Lipinski definition) is 1. The number of amides is 1. The van der Waals surface area contributed by atoms with Crippen LogP contribution in [0.1, 0.15) is 30.1 Å². The van der Waals surface area contributed by atoms with Gasteiger partial charge in [0.25, 0.3) is 5.91 Å². The summed E-state index contributed by atoms with van der Waals surface area (Å²) in [6, 6.07) is 6.41. The first-order valence-corrected chi connectivity index (χ1v) is 9.04. The van der Waals surface area contributed by atoms with Crippen molar-refractivity contribution >= 4 is 15.7 Å². The van der Waals surface area contributed by atoms with Crippen molar-refractivity contribution in [3.63, 3.8) is 0 Å². The average Bonchev–Trinajstić information content (AvgIpc) is 2.45. The van der Waals surface area contributed by atoms with Gasteiger partial charge in [-0.3, -0.25) is 4.79 Å². The molecule has 116 valence electrons. The van der Waals surface area contributed by atoms with Gasteiger partial charge in [-0.1, -0.05) is 12.1 Å². The molecule has 6 heteroatoms. The van der Waals surface area contributed by atoms with Gasteiger partial charge in [0.15, 0.2) is 9.84 Å². The lowest BCUT2D eigenvalue weighted by Crippen LogP contribution is -2.45. The maximum Gasteiger partial charge on any atom is 0.255 e. The zero-order chi connectivity index (χ0) is 15.6. The fourth-order valence-corrected chi connectivity index (χ4v) is 3.64. The Morgan fingerprint density at radius 3 is 2.67 bits per heavy atom.